The van der Waals surface area contributed by atoms with Gasteiger partial charge in [-0.2, -0.15) is 0 Å². The van der Waals surface area contributed by atoms with Gasteiger partial charge in [-0.25, -0.2) is 8.78 Å². The van der Waals surface area contributed by atoms with Gasteiger partial charge in [0, 0.05) is 11.1 Å². The molecular formula is C29H35F2N3O3. The summed E-state index contributed by atoms with van der Waals surface area (Å²) in [5, 5.41) is 5.73. The number of rotatable bonds is 6. The molecule has 0 radical (unpaired) electrons. The molecule has 1 heterocycles. The lowest BCUT2D eigenvalue weighted by Crippen LogP contribution is -2.67. The summed E-state index contributed by atoms with van der Waals surface area (Å²) in [4.78, 5) is 42.6. The van der Waals surface area contributed by atoms with Crippen molar-refractivity contribution in [1.82, 2.24) is 15.5 Å². The molecule has 6 nitrogen and oxygen atoms in total. The summed E-state index contributed by atoms with van der Waals surface area (Å²) < 4.78 is 29.6. The molecular weight excluding hydrogens is 476 g/mol. The lowest BCUT2D eigenvalue weighted by Gasteiger charge is -2.45. The summed E-state index contributed by atoms with van der Waals surface area (Å²) in [5.41, 5.74) is 1.25. The number of nitrogens with one attached hydrogen (secondary N) is 2. The number of amides is 3. The van der Waals surface area contributed by atoms with Gasteiger partial charge in [0.25, 0.3) is 0 Å². The molecule has 1 aliphatic carbocycles. The van der Waals surface area contributed by atoms with Crippen molar-refractivity contribution in [3.8, 4) is 0 Å². The van der Waals surface area contributed by atoms with E-state index in [1.165, 1.54) is 17.0 Å². The molecule has 8 heteroatoms. The Kier molecular flexibility index (Phi) is 7.40. The lowest BCUT2D eigenvalue weighted by molar-refractivity contribution is -0.158. The topological polar surface area (TPSA) is 78.5 Å². The Bertz CT molecular complexity index is 1180. The molecule has 37 heavy (non-hydrogen) atoms. The van der Waals surface area contributed by atoms with Crippen LogP contribution in [0.15, 0.2) is 42.5 Å². The number of halogens is 2. The van der Waals surface area contributed by atoms with E-state index in [4.69, 9.17) is 0 Å². The molecule has 3 atom stereocenters. The summed E-state index contributed by atoms with van der Waals surface area (Å²) in [6.45, 7) is 9.10. The van der Waals surface area contributed by atoms with Gasteiger partial charge in [-0.3, -0.25) is 14.4 Å². The fourth-order valence-corrected chi connectivity index (χ4v) is 5.46. The molecule has 0 saturated carbocycles. The molecule has 1 fully saturated rings. The third-order valence-electron chi connectivity index (χ3n) is 7.01. The first-order chi connectivity index (χ1) is 17.4. The molecule has 0 aromatic heterocycles. The molecule has 3 amide bonds. The van der Waals surface area contributed by atoms with Crippen molar-refractivity contribution in [2.75, 3.05) is 0 Å². The molecule has 2 N–H and O–H groups in total. The quantitative estimate of drug-likeness (QED) is 0.614. The third kappa shape index (κ3) is 5.53. The highest BCUT2D eigenvalue weighted by Gasteiger charge is 2.50. The zero-order valence-corrected chi connectivity index (χ0v) is 22.0. The first-order valence-electron chi connectivity index (χ1n) is 12.8. The van der Waals surface area contributed by atoms with Gasteiger partial charge in [-0.15, -0.1) is 0 Å². The molecule has 0 spiro atoms. The van der Waals surface area contributed by atoms with Gasteiger partial charge in [0.15, 0.2) is 11.6 Å². The fraction of sp³-hybridized carbons (Fsp3) is 0.483. The predicted molar refractivity (Wildman–Crippen MR) is 136 cm³/mol. The maximum Gasteiger partial charge on any atom is 0.247 e. The van der Waals surface area contributed by atoms with E-state index in [0.29, 0.717) is 12.8 Å². The Morgan fingerprint density at radius 1 is 1.05 bits per heavy atom. The number of fused-ring (bicyclic) bond motifs is 1. The van der Waals surface area contributed by atoms with Crippen LogP contribution in [-0.2, 0) is 27.2 Å². The number of benzene rings is 2. The van der Waals surface area contributed by atoms with Gasteiger partial charge >= 0.3 is 0 Å². The van der Waals surface area contributed by atoms with Crippen LogP contribution in [0.3, 0.4) is 0 Å². The van der Waals surface area contributed by atoms with Crippen molar-refractivity contribution in [3.05, 3.63) is 70.8 Å². The standard InChI is InChI=1S/C29H35F2N3O3/c1-16(2)13-22-26(35)32-24(19-14-17-9-6-7-10-18(17)15-19)28(37)34(22)25(27(36)33-29(3,4)5)20-11-8-12-21(30)23(20)31/h6-12,16,19,22,24-25H,13-15H2,1-5H3,(H,32,35)(H,33,36). The van der Waals surface area contributed by atoms with Gasteiger partial charge in [0.2, 0.25) is 17.7 Å². The second kappa shape index (κ2) is 10.2. The van der Waals surface area contributed by atoms with Crippen molar-refractivity contribution >= 4 is 17.7 Å². The Labute approximate surface area is 216 Å². The SMILES string of the molecule is CC(C)CC1C(=O)NC(C2Cc3ccccc3C2)C(=O)N1C(C(=O)NC(C)(C)C)c1cccc(F)c1F. The molecule has 2 aromatic carbocycles. The Morgan fingerprint density at radius 2 is 1.68 bits per heavy atom. The summed E-state index contributed by atoms with van der Waals surface area (Å²) >= 11 is 0. The van der Waals surface area contributed by atoms with E-state index >= 15 is 4.39 Å². The van der Waals surface area contributed by atoms with Crippen LogP contribution in [0.25, 0.3) is 0 Å². The normalized spacial score (nSPS) is 21.1. The monoisotopic (exact) mass is 511 g/mol. The summed E-state index contributed by atoms with van der Waals surface area (Å²) in [6.07, 6.45) is 1.47. The minimum absolute atomic E-state index is 0.00187. The Balaban J connectivity index is 1.80. The minimum Gasteiger partial charge on any atom is -0.349 e. The number of carbonyl (C=O) groups excluding carboxylic acids is 3. The predicted octanol–water partition coefficient (Wildman–Crippen LogP) is 4.08. The summed E-state index contributed by atoms with van der Waals surface area (Å²) in [7, 11) is 0. The Morgan fingerprint density at radius 3 is 2.24 bits per heavy atom. The third-order valence-corrected chi connectivity index (χ3v) is 7.01. The van der Waals surface area contributed by atoms with E-state index in [9.17, 15) is 18.8 Å². The lowest BCUT2D eigenvalue weighted by atomic mass is 9.87. The zero-order valence-electron chi connectivity index (χ0n) is 22.0. The molecule has 4 rings (SSSR count). The fourth-order valence-electron chi connectivity index (χ4n) is 5.46. The van der Waals surface area contributed by atoms with Gasteiger partial charge in [-0.1, -0.05) is 50.2 Å². The number of carbonyl (C=O) groups is 3. The zero-order chi connectivity index (χ0) is 27.1. The van der Waals surface area contributed by atoms with Gasteiger partial charge in [0.05, 0.1) is 0 Å². The Hall–Kier alpha value is -3.29. The van der Waals surface area contributed by atoms with E-state index in [0.717, 1.165) is 17.2 Å². The van der Waals surface area contributed by atoms with Crippen LogP contribution in [0.4, 0.5) is 8.78 Å². The molecule has 2 aliphatic rings. The molecule has 2 aromatic rings. The van der Waals surface area contributed by atoms with Gasteiger partial charge in [-0.05, 0) is 69.1 Å². The summed E-state index contributed by atoms with van der Waals surface area (Å²) in [6, 6.07) is 8.06. The number of hydrogen-bond acceptors (Lipinski definition) is 3. The molecule has 0 bridgehead atoms. The van der Waals surface area contributed by atoms with Crippen molar-refractivity contribution in [2.24, 2.45) is 11.8 Å². The van der Waals surface area contributed by atoms with Crippen LogP contribution in [0, 0.1) is 23.5 Å². The minimum atomic E-state index is -1.51. The van der Waals surface area contributed by atoms with Gasteiger partial charge < -0.3 is 15.5 Å². The van der Waals surface area contributed by atoms with Crippen molar-refractivity contribution in [2.45, 2.75) is 77.5 Å². The molecule has 1 saturated heterocycles. The van der Waals surface area contributed by atoms with E-state index in [1.807, 2.05) is 38.1 Å². The molecule has 198 valence electrons. The van der Waals surface area contributed by atoms with Crippen LogP contribution >= 0.6 is 0 Å². The van der Waals surface area contributed by atoms with Crippen LogP contribution in [0.1, 0.15) is 63.8 Å². The second-order valence-corrected chi connectivity index (χ2v) is 11.6. The highest BCUT2D eigenvalue weighted by atomic mass is 19.2. The average Bonchev–Trinajstić information content (AvgIpc) is 3.23. The van der Waals surface area contributed by atoms with Crippen LogP contribution < -0.4 is 10.6 Å². The van der Waals surface area contributed by atoms with E-state index in [2.05, 4.69) is 10.6 Å². The number of piperazine rings is 1. The van der Waals surface area contributed by atoms with E-state index in [-0.39, 0.29) is 29.7 Å². The average molecular weight is 512 g/mol. The van der Waals surface area contributed by atoms with Crippen molar-refractivity contribution in [3.63, 3.8) is 0 Å². The first-order valence-corrected chi connectivity index (χ1v) is 12.8. The second-order valence-electron chi connectivity index (χ2n) is 11.6. The van der Waals surface area contributed by atoms with Gasteiger partial charge in [0.1, 0.15) is 18.1 Å². The number of nitrogens with zero attached hydrogens (tertiary/aromatic N) is 1. The van der Waals surface area contributed by atoms with E-state index in [1.54, 1.807) is 20.8 Å². The summed E-state index contributed by atoms with van der Waals surface area (Å²) in [5.74, 6) is -4.05. The largest absolute Gasteiger partial charge is 0.349 e. The smallest absolute Gasteiger partial charge is 0.247 e. The highest BCUT2D eigenvalue weighted by molar-refractivity contribution is 6.00. The van der Waals surface area contributed by atoms with Crippen LogP contribution in [-0.4, -0.2) is 40.2 Å². The molecule has 3 unspecified atom stereocenters. The van der Waals surface area contributed by atoms with Crippen LogP contribution in [0.5, 0.6) is 0 Å². The van der Waals surface area contributed by atoms with Crippen LogP contribution in [0.2, 0.25) is 0 Å². The highest BCUT2D eigenvalue weighted by Crippen LogP contribution is 2.36. The van der Waals surface area contributed by atoms with Crippen molar-refractivity contribution < 1.29 is 23.2 Å². The maximum atomic E-state index is 15.2. The molecule has 1 aliphatic heterocycles. The van der Waals surface area contributed by atoms with E-state index < -0.39 is 47.1 Å². The number of hydrogen-bond donors (Lipinski definition) is 2. The maximum absolute atomic E-state index is 15.2. The van der Waals surface area contributed by atoms with Crippen molar-refractivity contribution in [1.29, 1.82) is 0 Å². The first kappa shape index (κ1) is 26.8.